The van der Waals surface area contributed by atoms with Gasteiger partial charge in [0.1, 0.15) is 0 Å². The third kappa shape index (κ3) is 2.94. The molecule has 2 nitrogen and oxygen atoms in total. The maximum Gasteiger partial charge on any atom is 0.0645 e. The van der Waals surface area contributed by atoms with Crippen LogP contribution < -0.4 is 0 Å². The predicted molar refractivity (Wildman–Crippen MR) is 65.1 cm³/mol. The Balaban J connectivity index is 0.00000112. The van der Waals surface area contributed by atoms with Gasteiger partial charge in [0.15, 0.2) is 0 Å². The van der Waals surface area contributed by atoms with E-state index in [0.717, 1.165) is 25.2 Å². The van der Waals surface area contributed by atoms with Gasteiger partial charge in [-0.05, 0) is 37.3 Å². The standard InChI is InChI=1S/C12H23NO.CH4/c1-12(2,3)10-4-6-13(7-5-10)11-8-14-9-11;/h10-11H,4-9H2,1-3H3;1H4. The Kier molecular flexibility index (Phi) is 4.19. The molecule has 0 amide bonds. The van der Waals surface area contributed by atoms with Gasteiger partial charge in [-0.3, -0.25) is 4.90 Å². The lowest BCUT2D eigenvalue weighted by Gasteiger charge is -2.44. The van der Waals surface area contributed by atoms with E-state index in [1.54, 1.807) is 0 Å². The minimum atomic E-state index is 0. The van der Waals surface area contributed by atoms with Crippen molar-refractivity contribution in [3.63, 3.8) is 0 Å². The molecule has 0 unspecified atom stereocenters. The fourth-order valence-corrected chi connectivity index (χ4v) is 2.56. The molecule has 0 atom stereocenters. The van der Waals surface area contributed by atoms with Crippen LogP contribution >= 0.6 is 0 Å². The molecule has 0 saturated carbocycles. The monoisotopic (exact) mass is 213 g/mol. The van der Waals surface area contributed by atoms with Crippen molar-refractivity contribution in [2.45, 2.75) is 47.1 Å². The highest BCUT2D eigenvalue weighted by Crippen LogP contribution is 2.35. The normalized spacial score (nSPS) is 25.8. The van der Waals surface area contributed by atoms with Gasteiger partial charge in [0.2, 0.25) is 0 Å². The minimum absolute atomic E-state index is 0. The first-order valence-electron chi connectivity index (χ1n) is 5.89. The average molecular weight is 213 g/mol. The fraction of sp³-hybridized carbons (Fsp3) is 1.00. The lowest BCUT2D eigenvalue weighted by Crippen LogP contribution is -2.52. The van der Waals surface area contributed by atoms with Crippen LogP contribution in [0.2, 0.25) is 0 Å². The van der Waals surface area contributed by atoms with E-state index < -0.39 is 0 Å². The Morgan fingerprint density at radius 1 is 1.07 bits per heavy atom. The fourth-order valence-electron chi connectivity index (χ4n) is 2.56. The van der Waals surface area contributed by atoms with E-state index in [1.165, 1.54) is 25.9 Å². The Morgan fingerprint density at radius 3 is 1.93 bits per heavy atom. The van der Waals surface area contributed by atoms with Crippen molar-refractivity contribution >= 4 is 0 Å². The van der Waals surface area contributed by atoms with E-state index in [0.29, 0.717) is 5.41 Å². The van der Waals surface area contributed by atoms with Crippen LogP contribution in [-0.4, -0.2) is 37.2 Å². The highest BCUT2D eigenvalue weighted by Gasteiger charge is 2.33. The molecule has 2 fully saturated rings. The van der Waals surface area contributed by atoms with Crippen molar-refractivity contribution in [1.29, 1.82) is 0 Å². The van der Waals surface area contributed by atoms with Crippen molar-refractivity contribution < 1.29 is 4.74 Å². The maximum atomic E-state index is 5.24. The molecule has 0 N–H and O–H groups in total. The highest BCUT2D eigenvalue weighted by molar-refractivity contribution is 4.85. The van der Waals surface area contributed by atoms with Gasteiger partial charge in [0, 0.05) is 0 Å². The number of hydrogen-bond acceptors (Lipinski definition) is 2. The molecule has 0 radical (unpaired) electrons. The molecule has 2 aliphatic rings. The first-order chi connectivity index (χ1) is 6.57. The molecule has 0 bridgehead atoms. The van der Waals surface area contributed by atoms with E-state index in [4.69, 9.17) is 4.74 Å². The van der Waals surface area contributed by atoms with E-state index in [1.807, 2.05) is 0 Å². The predicted octanol–water partition coefficient (Wildman–Crippen LogP) is 2.78. The molecular formula is C13H27NO. The summed E-state index contributed by atoms with van der Waals surface area (Å²) in [6.07, 6.45) is 2.75. The minimum Gasteiger partial charge on any atom is -0.378 e. The summed E-state index contributed by atoms with van der Waals surface area (Å²) < 4.78 is 5.24. The number of likely N-dealkylation sites (tertiary alicyclic amines) is 1. The zero-order valence-corrected chi connectivity index (χ0v) is 9.75. The summed E-state index contributed by atoms with van der Waals surface area (Å²) in [5.41, 5.74) is 0.502. The van der Waals surface area contributed by atoms with Crippen LogP contribution in [0.15, 0.2) is 0 Å². The number of nitrogens with zero attached hydrogens (tertiary/aromatic N) is 1. The molecule has 15 heavy (non-hydrogen) atoms. The zero-order chi connectivity index (χ0) is 10.2. The summed E-state index contributed by atoms with van der Waals surface area (Å²) in [5, 5.41) is 0. The second kappa shape index (κ2) is 4.84. The van der Waals surface area contributed by atoms with Crippen LogP contribution in [0.3, 0.4) is 0 Å². The van der Waals surface area contributed by atoms with Crippen molar-refractivity contribution in [3.8, 4) is 0 Å². The smallest absolute Gasteiger partial charge is 0.0645 e. The molecule has 2 heteroatoms. The number of hydrogen-bond donors (Lipinski definition) is 0. The van der Waals surface area contributed by atoms with Gasteiger partial charge < -0.3 is 4.74 Å². The summed E-state index contributed by atoms with van der Waals surface area (Å²) in [7, 11) is 0. The van der Waals surface area contributed by atoms with Crippen molar-refractivity contribution in [3.05, 3.63) is 0 Å². The second-order valence-corrected chi connectivity index (χ2v) is 5.87. The van der Waals surface area contributed by atoms with E-state index in [2.05, 4.69) is 25.7 Å². The maximum absolute atomic E-state index is 5.24. The largest absolute Gasteiger partial charge is 0.378 e. The van der Waals surface area contributed by atoms with Crippen LogP contribution in [0.5, 0.6) is 0 Å². The first-order valence-corrected chi connectivity index (χ1v) is 5.89. The van der Waals surface area contributed by atoms with Gasteiger partial charge in [-0.15, -0.1) is 0 Å². The topological polar surface area (TPSA) is 12.5 Å². The molecule has 0 spiro atoms. The van der Waals surface area contributed by atoms with Gasteiger partial charge >= 0.3 is 0 Å². The van der Waals surface area contributed by atoms with E-state index in [-0.39, 0.29) is 7.43 Å². The van der Waals surface area contributed by atoms with Gasteiger partial charge in [-0.2, -0.15) is 0 Å². The summed E-state index contributed by atoms with van der Waals surface area (Å²) in [6.45, 7) is 11.6. The summed E-state index contributed by atoms with van der Waals surface area (Å²) in [4.78, 5) is 2.62. The van der Waals surface area contributed by atoms with E-state index >= 15 is 0 Å². The van der Waals surface area contributed by atoms with Crippen LogP contribution in [0.4, 0.5) is 0 Å². The molecule has 0 aromatic heterocycles. The number of rotatable bonds is 1. The molecule has 2 saturated heterocycles. The first kappa shape index (κ1) is 13.0. The Morgan fingerprint density at radius 2 is 1.60 bits per heavy atom. The highest BCUT2D eigenvalue weighted by atomic mass is 16.5. The van der Waals surface area contributed by atoms with Crippen LogP contribution in [-0.2, 0) is 4.74 Å². The molecule has 2 heterocycles. The van der Waals surface area contributed by atoms with Crippen LogP contribution in [0, 0.1) is 11.3 Å². The number of ether oxygens (including phenoxy) is 1. The van der Waals surface area contributed by atoms with E-state index in [9.17, 15) is 0 Å². The second-order valence-electron chi connectivity index (χ2n) is 5.87. The third-order valence-electron chi connectivity index (χ3n) is 3.89. The van der Waals surface area contributed by atoms with Gasteiger partial charge in [-0.25, -0.2) is 0 Å². The average Bonchev–Trinajstić information content (AvgIpc) is 2.00. The molecule has 2 rings (SSSR count). The molecule has 0 aromatic rings. The molecule has 90 valence electrons. The van der Waals surface area contributed by atoms with Gasteiger partial charge in [0.05, 0.1) is 19.3 Å². The van der Waals surface area contributed by atoms with Crippen molar-refractivity contribution in [2.75, 3.05) is 26.3 Å². The molecule has 2 aliphatic heterocycles. The van der Waals surface area contributed by atoms with Crippen molar-refractivity contribution in [1.82, 2.24) is 4.90 Å². The quantitative estimate of drug-likeness (QED) is 0.664. The van der Waals surface area contributed by atoms with Gasteiger partial charge in [-0.1, -0.05) is 28.2 Å². The zero-order valence-electron chi connectivity index (χ0n) is 9.75. The summed E-state index contributed by atoms with van der Waals surface area (Å²) >= 11 is 0. The Labute approximate surface area is 95.0 Å². The molecule has 0 aliphatic carbocycles. The molecule has 0 aromatic carbocycles. The number of piperidine rings is 1. The third-order valence-corrected chi connectivity index (χ3v) is 3.89. The molecular weight excluding hydrogens is 186 g/mol. The SMILES string of the molecule is C.CC(C)(C)C1CCN(C2COC2)CC1. The lowest BCUT2D eigenvalue weighted by atomic mass is 9.75. The summed E-state index contributed by atoms with van der Waals surface area (Å²) in [6, 6.07) is 0.746. The Hall–Kier alpha value is -0.0800. The van der Waals surface area contributed by atoms with Crippen LogP contribution in [0.1, 0.15) is 41.0 Å². The van der Waals surface area contributed by atoms with Gasteiger partial charge in [0.25, 0.3) is 0 Å². The van der Waals surface area contributed by atoms with Crippen LogP contribution in [0.25, 0.3) is 0 Å². The Bertz CT molecular complexity index is 185. The van der Waals surface area contributed by atoms with Crippen molar-refractivity contribution in [2.24, 2.45) is 11.3 Å². The summed E-state index contributed by atoms with van der Waals surface area (Å²) in [5.74, 6) is 0.916. The lowest BCUT2D eigenvalue weighted by molar-refractivity contribution is -0.0780.